The third kappa shape index (κ3) is 8.14. The Morgan fingerprint density at radius 3 is 2.24 bits per heavy atom. The number of amides is 1. The Labute approximate surface area is 193 Å². The van der Waals surface area contributed by atoms with Crippen molar-refractivity contribution >= 4 is 21.9 Å². The third-order valence-corrected chi connectivity index (χ3v) is 6.68. The van der Waals surface area contributed by atoms with Gasteiger partial charge in [-0.2, -0.15) is 0 Å². The summed E-state index contributed by atoms with van der Waals surface area (Å²) in [6.07, 6.45) is 0.172. The minimum atomic E-state index is -3.78. The molecule has 2 rings (SSSR count). The van der Waals surface area contributed by atoms with Crippen molar-refractivity contribution < 1.29 is 31.9 Å². The summed E-state index contributed by atoms with van der Waals surface area (Å²) < 4.78 is 49.4. The molecule has 0 N–H and O–H groups in total. The van der Waals surface area contributed by atoms with Crippen LogP contribution >= 0.6 is 0 Å². The van der Waals surface area contributed by atoms with Crippen LogP contribution in [0.3, 0.4) is 0 Å². The summed E-state index contributed by atoms with van der Waals surface area (Å²) >= 11 is 0. The van der Waals surface area contributed by atoms with Crippen LogP contribution in [0.25, 0.3) is 0 Å². The first kappa shape index (κ1) is 26.3. The Kier molecular flexibility index (Phi) is 9.80. The number of likely N-dealkylation sites (N-methyl/N-ethyl adjacent to an activating group) is 1. The molecule has 33 heavy (non-hydrogen) atoms. The van der Waals surface area contributed by atoms with E-state index in [0.717, 1.165) is 27.8 Å². The van der Waals surface area contributed by atoms with Gasteiger partial charge in [0, 0.05) is 33.6 Å². The maximum Gasteiger partial charge on any atom is 0.306 e. The average molecular weight is 481 g/mol. The van der Waals surface area contributed by atoms with Crippen LogP contribution in [-0.4, -0.2) is 63.4 Å². The Morgan fingerprint density at radius 1 is 1.00 bits per heavy atom. The highest BCUT2D eigenvalue weighted by Crippen LogP contribution is 2.16. The summed E-state index contributed by atoms with van der Waals surface area (Å²) in [7, 11) is -0.789. The smallest absolute Gasteiger partial charge is 0.306 e. The number of nitrogens with zero attached hydrogens (tertiary/aromatic N) is 2. The molecule has 180 valence electrons. The second-order valence-electron chi connectivity index (χ2n) is 7.37. The zero-order valence-corrected chi connectivity index (χ0v) is 19.8. The Balaban J connectivity index is 1.72. The van der Waals surface area contributed by atoms with Gasteiger partial charge in [0.05, 0.1) is 11.5 Å². The molecule has 2 aromatic carbocycles. The largest absolute Gasteiger partial charge is 0.494 e. The molecule has 0 atom stereocenters. The summed E-state index contributed by atoms with van der Waals surface area (Å²) in [6, 6.07) is 11.9. The van der Waals surface area contributed by atoms with Crippen LogP contribution in [0.4, 0.5) is 4.39 Å². The van der Waals surface area contributed by atoms with Crippen LogP contribution in [0.5, 0.6) is 5.75 Å². The summed E-state index contributed by atoms with van der Waals surface area (Å²) in [6.45, 7) is 2.50. The van der Waals surface area contributed by atoms with E-state index in [-0.39, 0.29) is 30.2 Å². The van der Waals surface area contributed by atoms with E-state index >= 15 is 0 Å². The standard InChI is InChI=1S/C23H29FN2O6S/c1-4-31-20-11-7-18(8-12-20)16-25(2)22(27)17-32-23(28)6-5-15-26(3)33(29,30)21-13-9-19(24)10-14-21/h7-14H,4-6,15-17H2,1-3H3. The van der Waals surface area contributed by atoms with Gasteiger partial charge in [0.1, 0.15) is 11.6 Å². The fourth-order valence-corrected chi connectivity index (χ4v) is 4.11. The predicted octanol–water partition coefficient (Wildman–Crippen LogP) is 2.83. The molecular weight excluding hydrogens is 451 g/mol. The van der Waals surface area contributed by atoms with Crippen molar-refractivity contribution in [1.29, 1.82) is 0 Å². The van der Waals surface area contributed by atoms with Crippen molar-refractivity contribution in [2.24, 2.45) is 0 Å². The van der Waals surface area contributed by atoms with Crippen molar-refractivity contribution in [3.05, 3.63) is 59.9 Å². The highest BCUT2D eigenvalue weighted by atomic mass is 32.2. The number of rotatable bonds is 12. The van der Waals surface area contributed by atoms with Crippen molar-refractivity contribution in [3.63, 3.8) is 0 Å². The van der Waals surface area contributed by atoms with Crippen molar-refractivity contribution in [2.45, 2.75) is 31.2 Å². The van der Waals surface area contributed by atoms with Crippen molar-refractivity contribution in [1.82, 2.24) is 9.21 Å². The van der Waals surface area contributed by atoms with Gasteiger partial charge in [0.2, 0.25) is 10.0 Å². The van der Waals surface area contributed by atoms with Gasteiger partial charge < -0.3 is 14.4 Å². The number of carbonyl (C=O) groups is 2. The third-order valence-electron chi connectivity index (χ3n) is 4.81. The normalized spacial score (nSPS) is 11.3. The van der Waals surface area contributed by atoms with E-state index in [1.807, 2.05) is 31.2 Å². The van der Waals surface area contributed by atoms with E-state index in [2.05, 4.69) is 0 Å². The molecule has 0 saturated heterocycles. The summed E-state index contributed by atoms with van der Waals surface area (Å²) in [4.78, 5) is 25.6. The lowest BCUT2D eigenvalue weighted by Crippen LogP contribution is -2.31. The number of hydrogen-bond donors (Lipinski definition) is 0. The van der Waals surface area contributed by atoms with E-state index in [4.69, 9.17) is 9.47 Å². The van der Waals surface area contributed by atoms with Gasteiger partial charge in [-0.05, 0) is 55.3 Å². The van der Waals surface area contributed by atoms with Crippen LogP contribution in [0.2, 0.25) is 0 Å². The quantitative estimate of drug-likeness (QED) is 0.434. The van der Waals surface area contributed by atoms with E-state index in [0.29, 0.717) is 13.2 Å². The number of sulfonamides is 1. The number of carbonyl (C=O) groups excluding carboxylic acids is 2. The first-order chi connectivity index (χ1) is 15.6. The average Bonchev–Trinajstić information content (AvgIpc) is 2.79. The number of hydrogen-bond acceptors (Lipinski definition) is 6. The maximum atomic E-state index is 13.0. The van der Waals surface area contributed by atoms with Crippen molar-refractivity contribution in [3.8, 4) is 5.75 Å². The molecule has 0 unspecified atom stereocenters. The van der Waals surface area contributed by atoms with E-state index < -0.39 is 28.4 Å². The maximum absolute atomic E-state index is 13.0. The topological polar surface area (TPSA) is 93.2 Å². The molecule has 2 aromatic rings. The van der Waals surface area contributed by atoms with E-state index in [1.54, 1.807) is 7.05 Å². The first-order valence-corrected chi connectivity index (χ1v) is 11.9. The van der Waals surface area contributed by atoms with Gasteiger partial charge in [-0.15, -0.1) is 0 Å². The highest BCUT2D eigenvalue weighted by molar-refractivity contribution is 7.89. The predicted molar refractivity (Wildman–Crippen MR) is 120 cm³/mol. The molecule has 0 aliphatic rings. The molecule has 0 heterocycles. The summed E-state index contributed by atoms with van der Waals surface area (Å²) in [5.41, 5.74) is 0.908. The van der Waals surface area contributed by atoms with Gasteiger partial charge in [-0.3, -0.25) is 9.59 Å². The van der Waals surface area contributed by atoms with Crippen LogP contribution < -0.4 is 4.74 Å². The molecule has 0 saturated carbocycles. The fourth-order valence-electron chi connectivity index (χ4n) is 2.90. The molecule has 0 radical (unpaired) electrons. The van der Waals surface area contributed by atoms with E-state index in [1.165, 1.54) is 24.1 Å². The second-order valence-corrected chi connectivity index (χ2v) is 9.42. The number of ether oxygens (including phenoxy) is 2. The Bertz CT molecular complexity index is 1030. The minimum absolute atomic E-state index is 0.0323. The van der Waals surface area contributed by atoms with Gasteiger partial charge in [0.25, 0.3) is 5.91 Å². The second kappa shape index (κ2) is 12.3. The number of benzene rings is 2. The molecule has 0 spiro atoms. The molecule has 0 aliphatic heterocycles. The van der Waals surface area contributed by atoms with Gasteiger partial charge in [-0.1, -0.05) is 12.1 Å². The lowest BCUT2D eigenvalue weighted by Gasteiger charge is -2.18. The molecule has 0 fully saturated rings. The SMILES string of the molecule is CCOc1ccc(CN(C)C(=O)COC(=O)CCCN(C)S(=O)(=O)c2ccc(F)cc2)cc1. The van der Waals surface area contributed by atoms with Crippen LogP contribution in [0.1, 0.15) is 25.3 Å². The molecule has 10 heteroatoms. The minimum Gasteiger partial charge on any atom is -0.494 e. The highest BCUT2D eigenvalue weighted by Gasteiger charge is 2.21. The zero-order chi connectivity index (χ0) is 24.4. The molecular formula is C23H29FN2O6S. The first-order valence-electron chi connectivity index (χ1n) is 10.5. The van der Waals surface area contributed by atoms with Gasteiger partial charge >= 0.3 is 5.97 Å². The van der Waals surface area contributed by atoms with Crippen LogP contribution in [0, 0.1) is 5.82 Å². The zero-order valence-electron chi connectivity index (χ0n) is 19.0. The monoisotopic (exact) mass is 480 g/mol. The molecule has 1 amide bonds. The summed E-state index contributed by atoms with van der Waals surface area (Å²) in [5.74, 6) is -0.724. The number of halogens is 1. The van der Waals surface area contributed by atoms with Crippen LogP contribution in [-0.2, 0) is 30.9 Å². The van der Waals surface area contributed by atoms with Gasteiger partial charge in [-0.25, -0.2) is 17.1 Å². The lowest BCUT2D eigenvalue weighted by molar-refractivity contribution is -0.151. The fraction of sp³-hybridized carbons (Fsp3) is 0.391. The Hall–Kier alpha value is -2.98. The van der Waals surface area contributed by atoms with Crippen LogP contribution in [0.15, 0.2) is 53.4 Å². The van der Waals surface area contributed by atoms with E-state index in [9.17, 15) is 22.4 Å². The van der Waals surface area contributed by atoms with Gasteiger partial charge in [0.15, 0.2) is 6.61 Å². The lowest BCUT2D eigenvalue weighted by atomic mass is 10.2. The summed E-state index contributed by atoms with van der Waals surface area (Å²) in [5, 5.41) is 0. The molecule has 0 aliphatic carbocycles. The molecule has 0 aromatic heterocycles. The van der Waals surface area contributed by atoms with Crippen molar-refractivity contribution in [2.75, 3.05) is 33.9 Å². The molecule has 8 nitrogen and oxygen atoms in total. The number of esters is 1. The Morgan fingerprint density at radius 2 is 1.64 bits per heavy atom. The molecule has 0 bridgehead atoms.